The van der Waals surface area contributed by atoms with Crippen LogP contribution in [-0.2, 0) is 0 Å². The lowest BCUT2D eigenvalue weighted by Crippen LogP contribution is -1.97. The monoisotopic (exact) mass is 299 g/mol. The van der Waals surface area contributed by atoms with Crippen LogP contribution in [0, 0.1) is 0 Å². The van der Waals surface area contributed by atoms with Crippen molar-refractivity contribution >= 4 is 33.1 Å². The first kappa shape index (κ1) is 13.8. The van der Waals surface area contributed by atoms with Gasteiger partial charge in [-0.15, -0.1) is 11.3 Å². The summed E-state index contributed by atoms with van der Waals surface area (Å²) in [5, 5.41) is 4.40. The molecular formula is C16H17N3OS. The standard InChI is InChI=1S/C16H17N3OS/c1-10(2)14-8-11-15(17-9-18-16(11)21-14)19-12-6-4-5-7-13(12)20-3/h4-10H,1-3H3,(H,17,18,19). The van der Waals surface area contributed by atoms with E-state index in [9.17, 15) is 0 Å². The molecule has 1 aromatic carbocycles. The van der Waals surface area contributed by atoms with Crippen LogP contribution < -0.4 is 10.1 Å². The molecule has 0 atom stereocenters. The van der Waals surface area contributed by atoms with E-state index in [-0.39, 0.29) is 0 Å². The lowest BCUT2D eigenvalue weighted by atomic mass is 10.1. The quantitative estimate of drug-likeness (QED) is 0.766. The summed E-state index contributed by atoms with van der Waals surface area (Å²) in [7, 11) is 1.66. The summed E-state index contributed by atoms with van der Waals surface area (Å²) >= 11 is 1.72. The van der Waals surface area contributed by atoms with E-state index in [2.05, 4.69) is 35.2 Å². The molecule has 1 N–H and O–H groups in total. The summed E-state index contributed by atoms with van der Waals surface area (Å²) in [5.74, 6) is 2.10. The van der Waals surface area contributed by atoms with Crippen LogP contribution in [-0.4, -0.2) is 17.1 Å². The van der Waals surface area contributed by atoms with Crippen molar-refractivity contribution in [3.8, 4) is 5.75 Å². The van der Waals surface area contributed by atoms with Gasteiger partial charge in [0.2, 0.25) is 0 Å². The van der Waals surface area contributed by atoms with Crippen LogP contribution in [0.5, 0.6) is 5.75 Å². The molecule has 108 valence electrons. The molecule has 0 unspecified atom stereocenters. The first-order valence-electron chi connectivity index (χ1n) is 6.83. The molecule has 0 saturated heterocycles. The second-order valence-corrected chi connectivity index (χ2v) is 6.13. The molecule has 21 heavy (non-hydrogen) atoms. The average molecular weight is 299 g/mol. The fraction of sp³-hybridized carbons (Fsp3) is 0.250. The van der Waals surface area contributed by atoms with Crippen LogP contribution in [0.3, 0.4) is 0 Å². The SMILES string of the molecule is COc1ccccc1Nc1ncnc2sc(C(C)C)cc12. The smallest absolute Gasteiger partial charge is 0.142 e. The van der Waals surface area contributed by atoms with Gasteiger partial charge in [0.25, 0.3) is 0 Å². The highest BCUT2D eigenvalue weighted by Crippen LogP contribution is 2.34. The Hall–Kier alpha value is -2.14. The Morgan fingerprint density at radius 1 is 1.19 bits per heavy atom. The molecule has 0 radical (unpaired) electrons. The Kier molecular flexibility index (Phi) is 3.75. The number of rotatable bonds is 4. The molecule has 0 fully saturated rings. The van der Waals surface area contributed by atoms with Crippen LogP contribution in [0.1, 0.15) is 24.6 Å². The topological polar surface area (TPSA) is 47.0 Å². The molecule has 2 heterocycles. The predicted molar refractivity (Wildman–Crippen MR) is 87.8 cm³/mol. The molecule has 0 amide bonds. The first-order chi connectivity index (χ1) is 10.2. The number of hydrogen-bond donors (Lipinski definition) is 1. The lowest BCUT2D eigenvalue weighted by Gasteiger charge is -2.10. The highest BCUT2D eigenvalue weighted by Gasteiger charge is 2.12. The Morgan fingerprint density at radius 2 is 2.00 bits per heavy atom. The third kappa shape index (κ3) is 2.69. The number of methoxy groups -OCH3 is 1. The van der Waals surface area contributed by atoms with Gasteiger partial charge in [0.05, 0.1) is 18.2 Å². The Balaban J connectivity index is 2.04. The molecule has 2 aromatic heterocycles. The molecule has 0 spiro atoms. The van der Waals surface area contributed by atoms with Gasteiger partial charge >= 0.3 is 0 Å². The van der Waals surface area contributed by atoms with E-state index in [1.165, 1.54) is 4.88 Å². The van der Waals surface area contributed by atoms with E-state index >= 15 is 0 Å². The maximum atomic E-state index is 5.37. The molecule has 3 rings (SSSR count). The number of benzene rings is 1. The van der Waals surface area contributed by atoms with Crippen molar-refractivity contribution in [2.45, 2.75) is 19.8 Å². The summed E-state index contributed by atoms with van der Waals surface area (Å²) in [5.41, 5.74) is 0.900. The number of nitrogens with zero attached hydrogens (tertiary/aromatic N) is 2. The van der Waals surface area contributed by atoms with Gasteiger partial charge < -0.3 is 10.1 Å². The highest BCUT2D eigenvalue weighted by atomic mass is 32.1. The molecule has 4 nitrogen and oxygen atoms in total. The number of thiophene rings is 1. The van der Waals surface area contributed by atoms with Crippen molar-refractivity contribution in [3.05, 3.63) is 41.5 Å². The third-order valence-corrected chi connectivity index (χ3v) is 4.62. The number of anilines is 2. The maximum Gasteiger partial charge on any atom is 0.142 e. The van der Waals surface area contributed by atoms with E-state index in [0.717, 1.165) is 27.5 Å². The normalized spacial score (nSPS) is 11.0. The second-order valence-electron chi connectivity index (χ2n) is 5.07. The second kappa shape index (κ2) is 5.69. The van der Waals surface area contributed by atoms with Gasteiger partial charge in [-0.1, -0.05) is 26.0 Å². The third-order valence-electron chi connectivity index (χ3n) is 3.28. The van der Waals surface area contributed by atoms with Gasteiger partial charge in [-0.3, -0.25) is 0 Å². The van der Waals surface area contributed by atoms with Gasteiger partial charge in [-0.25, -0.2) is 9.97 Å². The largest absolute Gasteiger partial charge is 0.495 e. The van der Waals surface area contributed by atoms with Gasteiger partial charge in [0, 0.05) is 4.88 Å². The van der Waals surface area contributed by atoms with Gasteiger partial charge in [-0.2, -0.15) is 0 Å². The van der Waals surface area contributed by atoms with Crippen molar-refractivity contribution in [1.29, 1.82) is 0 Å². The van der Waals surface area contributed by atoms with E-state index in [1.807, 2.05) is 24.3 Å². The number of ether oxygens (including phenoxy) is 1. The van der Waals surface area contributed by atoms with E-state index < -0.39 is 0 Å². The van der Waals surface area contributed by atoms with Crippen molar-refractivity contribution in [2.24, 2.45) is 0 Å². The molecule has 5 heteroatoms. The minimum atomic E-state index is 0.489. The number of aromatic nitrogens is 2. The van der Waals surface area contributed by atoms with E-state index in [1.54, 1.807) is 24.8 Å². The van der Waals surface area contributed by atoms with E-state index in [4.69, 9.17) is 4.74 Å². The predicted octanol–water partition coefficient (Wildman–Crippen LogP) is 4.57. The fourth-order valence-corrected chi connectivity index (χ4v) is 3.13. The van der Waals surface area contributed by atoms with Crippen molar-refractivity contribution in [3.63, 3.8) is 0 Å². The summed E-state index contributed by atoms with van der Waals surface area (Å²) in [4.78, 5) is 11.1. The lowest BCUT2D eigenvalue weighted by molar-refractivity contribution is 0.417. The van der Waals surface area contributed by atoms with Gasteiger partial charge in [0.1, 0.15) is 22.7 Å². The average Bonchev–Trinajstić information content (AvgIpc) is 2.93. The van der Waals surface area contributed by atoms with Crippen molar-refractivity contribution in [2.75, 3.05) is 12.4 Å². The van der Waals surface area contributed by atoms with Crippen molar-refractivity contribution < 1.29 is 4.74 Å². The van der Waals surface area contributed by atoms with Crippen LogP contribution in [0.4, 0.5) is 11.5 Å². The molecule has 0 aliphatic carbocycles. The first-order valence-corrected chi connectivity index (χ1v) is 7.65. The minimum Gasteiger partial charge on any atom is -0.495 e. The van der Waals surface area contributed by atoms with E-state index in [0.29, 0.717) is 5.92 Å². The Bertz CT molecular complexity index is 767. The number of nitrogens with one attached hydrogen (secondary N) is 1. The van der Waals surface area contributed by atoms with Crippen LogP contribution in [0.2, 0.25) is 0 Å². The number of hydrogen-bond acceptors (Lipinski definition) is 5. The van der Waals surface area contributed by atoms with Gasteiger partial charge in [-0.05, 0) is 24.1 Å². The summed E-state index contributed by atoms with van der Waals surface area (Å²) < 4.78 is 5.37. The Labute approximate surface area is 127 Å². The van der Waals surface area contributed by atoms with Gasteiger partial charge in [0.15, 0.2) is 0 Å². The Morgan fingerprint density at radius 3 is 2.76 bits per heavy atom. The van der Waals surface area contributed by atoms with Crippen LogP contribution in [0.25, 0.3) is 10.2 Å². The van der Waals surface area contributed by atoms with Crippen LogP contribution in [0.15, 0.2) is 36.7 Å². The maximum absolute atomic E-state index is 5.37. The highest BCUT2D eigenvalue weighted by molar-refractivity contribution is 7.18. The minimum absolute atomic E-state index is 0.489. The number of fused-ring (bicyclic) bond motifs is 1. The summed E-state index contributed by atoms with van der Waals surface area (Å²) in [6.45, 7) is 4.37. The molecule has 0 bridgehead atoms. The zero-order valence-electron chi connectivity index (χ0n) is 12.3. The van der Waals surface area contributed by atoms with Crippen LogP contribution >= 0.6 is 11.3 Å². The summed E-state index contributed by atoms with van der Waals surface area (Å²) in [6.07, 6.45) is 1.60. The molecular weight excluding hydrogens is 282 g/mol. The zero-order valence-corrected chi connectivity index (χ0v) is 13.1. The zero-order chi connectivity index (χ0) is 14.8. The summed E-state index contributed by atoms with van der Waals surface area (Å²) in [6, 6.07) is 9.98. The molecule has 0 aliphatic rings. The molecule has 0 saturated carbocycles. The molecule has 0 aliphatic heterocycles. The molecule has 3 aromatic rings. The van der Waals surface area contributed by atoms with Crippen molar-refractivity contribution in [1.82, 2.24) is 9.97 Å². The fourth-order valence-electron chi connectivity index (χ4n) is 2.13. The number of para-hydroxylation sites is 2.